The molecule has 6 heteroatoms. The molecule has 1 aromatic rings. The van der Waals surface area contributed by atoms with E-state index in [-0.39, 0.29) is 22.9 Å². The Morgan fingerprint density at radius 3 is 2.17 bits per heavy atom. The van der Waals surface area contributed by atoms with Gasteiger partial charge in [-0.2, -0.15) is 13.2 Å². The van der Waals surface area contributed by atoms with Gasteiger partial charge in [-0.25, -0.2) is 4.98 Å². The Hall–Kier alpha value is -0.620. The van der Waals surface area contributed by atoms with E-state index in [1.54, 1.807) is 0 Å². The van der Waals surface area contributed by atoms with E-state index in [0.717, 1.165) is 11.3 Å². The largest absolute Gasteiger partial charge is 0.434 e. The van der Waals surface area contributed by atoms with Crippen LogP contribution in [0.1, 0.15) is 56.1 Å². The summed E-state index contributed by atoms with van der Waals surface area (Å²) in [4.78, 5) is 4.00. The van der Waals surface area contributed by atoms with Crippen LogP contribution < -0.4 is 5.32 Å². The molecule has 18 heavy (non-hydrogen) atoms. The molecule has 1 N–H and O–H groups in total. The topological polar surface area (TPSA) is 24.9 Å². The highest BCUT2D eigenvalue weighted by molar-refractivity contribution is 7.11. The highest BCUT2D eigenvalue weighted by Crippen LogP contribution is 2.36. The van der Waals surface area contributed by atoms with Crippen LogP contribution in [0, 0.1) is 0 Å². The molecule has 0 fully saturated rings. The maximum absolute atomic E-state index is 12.9. The zero-order valence-electron chi connectivity index (χ0n) is 11.3. The van der Waals surface area contributed by atoms with Crippen molar-refractivity contribution in [2.45, 2.75) is 58.8 Å². The minimum Gasteiger partial charge on any atom is -0.307 e. The molecule has 0 saturated carbocycles. The third-order valence-electron chi connectivity index (χ3n) is 2.26. The zero-order chi connectivity index (χ0) is 14.1. The Balaban J connectivity index is 3.01. The van der Waals surface area contributed by atoms with Crippen LogP contribution in [-0.2, 0) is 12.7 Å². The van der Waals surface area contributed by atoms with Crippen molar-refractivity contribution in [2.75, 3.05) is 0 Å². The monoisotopic (exact) mass is 280 g/mol. The van der Waals surface area contributed by atoms with Crippen molar-refractivity contribution < 1.29 is 13.2 Å². The first-order valence-corrected chi connectivity index (χ1v) is 6.64. The summed E-state index contributed by atoms with van der Waals surface area (Å²) in [6, 6.07) is 0. The van der Waals surface area contributed by atoms with E-state index >= 15 is 0 Å². The fraction of sp³-hybridized carbons (Fsp3) is 0.750. The number of rotatable bonds is 3. The standard InChI is InChI=1S/C12H19F3N2S/c1-7(2)10-17-9(12(13,14)15)8(18-10)6-16-11(3,4)5/h7,16H,6H2,1-5H3. The Kier molecular flexibility index (Phi) is 4.43. The van der Waals surface area contributed by atoms with Crippen molar-refractivity contribution in [2.24, 2.45) is 0 Å². The normalized spacial score (nSPS) is 13.4. The number of halogens is 3. The van der Waals surface area contributed by atoms with Gasteiger partial charge in [0.05, 0.1) is 9.88 Å². The molecule has 1 aromatic heterocycles. The Morgan fingerprint density at radius 2 is 1.78 bits per heavy atom. The van der Waals surface area contributed by atoms with E-state index in [0.29, 0.717) is 5.01 Å². The molecule has 0 bridgehead atoms. The SMILES string of the molecule is CC(C)c1nc(C(F)(F)F)c(CNC(C)(C)C)s1. The average Bonchev–Trinajstić information content (AvgIpc) is 2.56. The fourth-order valence-corrected chi connectivity index (χ4v) is 2.33. The predicted octanol–water partition coefficient (Wildman–Crippen LogP) is 4.17. The van der Waals surface area contributed by atoms with Crippen LogP contribution in [0.3, 0.4) is 0 Å². The highest BCUT2D eigenvalue weighted by atomic mass is 32.1. The number of nitrogens with zero attached hydrogens (tertiary/aromatic N) is 1. The molecule has 0 aliphatic rings. The molecule has 104 valence electrons. The summed E-state index contributed by atoms with van der Waals surface area (Å²) in [6.45, 7) is 9.66. The van der Waals surface area contributed by atoms with E-state index in [1.807, 2.05) is 34.6 Å². The summed E-state index contributed by atoms with van der Waals surface area (Å²) in [7, 11) is 0. The summed E-state index contributed by atoms with van der Waals surface area (Å²) >= 11 is 1.14. The summed E-state index contributed by atoms with van der Waals surface area (Å²) in [5, 5.41) is 3.61. The van der Waals surface area contributed by atoms with Gasteiger partial charge in [0, 0.05) is 18.0 Å². The number of alkyl halides is 3. The first kappa shape index (κ1) is 15.4. The lowest BCUT2D eigenvalue weighted by Gasteiger charge is -2.20. The van der Waals surface area contributed by atoms with Gasteiger partial charge in [-0.05, 0) is 20.8 Å². The van der Waals surface area contributed by atoms with Crippen LogP contribution >= 0.6 is 11.3 Å². The smallest absolute Gasteiger partial charge is 0.307 e. The van der Waals surface area contributed by atoms with Crippen molar-refractivity contribution in [3.05, 3.63) is 15.6 Å². The van der Waals surface area contributed by atoms with Crippen LogP contribution in [0.5, 0.6) is 0 Å². The maximum atomic E-state index is 12.9. The van der Waals surface area contributed by atoms with Gasteiger partial charge in [0.1, 0.15) is 0 Å². The second-order valence-electron chi connectivity index (χ2n) is 5.58. The third-order valence-corrected chi connectivity index (χ3v) is 3.61. The van der Waals surface area contributed by atoms with Gasteiger partial charge in [-0.1, -0.05) is 13.8 Å². The fourth-order valence-electron chi connectivity index (χ4n) is 1.30. The quantitative estimate of drug-likeness (QED) is 0.898. The van der Waals surface area contributed by atoms with Crippen molar-refractivity contribution in [3.8, 4) is 0 Å². The van der Waals surface area contributed by atoms with E-state index in [1.165, 1.54) is 0 Å². The minimum atomic E-state index is -4.38. The zero-order valence-corrected chi connectivity index (χ0v) is 12.1. The highest BCUT2D eigenvalue weighted by Gasteiger charge is 2.37. The molecule has 0 atom stereocenters. The lowest BCUT2D eigenvalue weighted by Crippen LogP contribution is -2.35. The van der Waals surface area contributed by atoms with Gasteiger partial charge >= 0.3 is 6.18 Å². The number of thiazole rings is 1. The molecule has 0 aliphatic carbocycles. The van der Waals surface area contributed by atoms with Crippen LogP contribution in [0.15, 0.2) is 0 Å². The Labute approximate surface area is 110 Å². The molecule has 0 unspecified atom stereocenters. The van der Waals surface area contributed by atoms with Gasteiger partial charge in [-0.15, -0.1) is 11.3 Å². The van der Waals surface area contributed by atoms with Crippen molar-refractivity contribution in [1.29, 1.82) is 0 Å². The van der Waals surface area contributed by atoms with Crippen LogP contribution in [0.25, 0.3) is 0 Å². The maximum Gasteiger partial charge on any atom is 0.434 e. The van der Waals surface area contributed by atoms with Gasteiger partial charge in [0.15, 0.2) is 5.69 Å². The molecule has 2 nitrogen and oxygen atoms in total. The number of hydrogen-bond donors (Lipinski definition) is 1. The molecular weight excluding hydrogens is 261 g/mol. The molecular formula is C12H19F3N2S. The summed E-state index contributed by atoms with van der Waals surface area (Å²) in [5.74, 6) is 0.0134. The van der Waals surface area contributed by atoms with Gasteiger partial charge in [-0.3, -0.25) is 0 Å². The average molecular weight is 280 g/mol. The predicted molar refractivity (Wildman–Crippen MR) is 67.8 cm³/mol. The third kappa shape index (κ3) is 4.24. The van der Waals surface area contributed by atoms with Crippen LogP contribution in [0.2, 0.25) is 0 Å². The van der Waals surface area contributed by atoms with Gasteiger partial charge in [0.2, 0.25) is 0 Å². The number of aromatic nitrogens is 1. The van der Waals surface area contributed by atoms with Crippen molar-refractivity contribution in [3.63, 3.8) is 0 Å². The molecule has 0 spiro atoms. The molecule has 0 aromatic carbocycles. The molecule has 0 saturated heterocycles. The summed E-state index contributed by atoms with van der Waals surface area (Å²) < 4.78 is 38.6. The number of nitrogens with one attached hydrogen (secondary N) is 1. The second-order valence-corrected chi connectivity index (χ2v) is 6.70. The second kappa shape index (κ2) is 5.17. The molecule has 0 aliphatic heterocycles. The van der Waals surface area contributed by atoms with Gasteiger partial charge < -0.3 is 5.32 Å². The first-order chi connectivity index (χ1) is 8.00. The molecule has 0 amide bonds. The van der Waals surface area contributed by atoms with Crippen molar-refractivity contribution in [1.82, 2.24) is 10.3 Å². The van der Waals surface area contributed by atoms with E-state index in [9.17, 15) is 13.2 Å². The Bertz CT molecular complexity index is 402. The molecule has 0 radical (unpaired) electrons. The van der Waals surface area contributed by atoms with E-state index in [2.05, 4.69) is 10.3 Å². The van der Waals surface area contributed by atoms with E-state index in [4.69, 9.17) is 0 Å². The van der Waals surface area contributed by atoms with Crippen LogP contribution in [0.4, 0.5) is 13.2 Å². The molecule has 1 heterocycles. The van der Waals surface area contributed by atoms with Crippen LogP contribution in [-0.4, -0.2) is 10.5 Å². The van der Waals surface area contributed by atoms with Crippen molar-refractivity contribution >= 4 is 11.3 Å². The number of hydrogen-bond acceptors (Lipinski definition) is 3. The minimum absolute atomic E-state index is 0.0134. The van der Waals surface area contributed by atoms with Gasteiger partial charge in [0.25, 0.3) is 0 Å². The lowest BCUT2D eigenvalue weighted by atomic mass is 10.1. The van der Waals surface area contributed by atoms with E-state index < -0.39 is 11.9 Å². The lowest BCUT2D eigenvalue weighted by molar-refractivity contribution is -0.141. The summed E-state index contributed by atoms with van der Waals surface area (Å²) in [6.07, 6.45) is -4.38. The Morgan fingerprint density at radius 1 is 1.22 bits per heavy atom. The first-order valence-electron chi connectivity index (χ1n) is 5.82. The summed E-state index contributed by atoms with van der Waals surface area (Å²) in [5.41, 5.74) is -0.960. The molecule has 1 rings (SSSR count).